The highest BCUT2D eigenvalue weighted by Crippen LogP contribution is 2.09. The maximum absolute atomic E-state index is 11.8. The first-order chi connectivity index (χ1) is 10.3. The zero-order valence-corrected chi connectivity index (χ0v) is 13.9. The fraction of sp³-hybridized carbons (Fsp3) is 0.500. The van der Waals surface area contributed by atoms with E-state index in [1.165, 1.54) is 6.92 Å². The van der Waals surface area contributed by atoms with Crippen molar-refractivity contribution in [2.24, 2.45) is 0 Å². The Bertz CT molecular complexity index is 492. The minimum absolute atomic E-state index is 0.0598. The molecule has 0 spiro atoms. The van der Waals surface area contributed by atoms with Crippen LogP contribution in [0.1, 0.15) is 18.9 Å². The highest BCUT2D eigenvalue weighted by atomic mass is 16.2. The van der Waals surface area contributed by atoms with Gasteiger partial charge in [-0.2, -0.15) is 0 Å². The Balaban J connectivity index is 2.31. The summed E-state index contributed by atoms with van der Waals surface area (Å²) in [7, 11) is 6.38. The van der Waals surface area contributed by atoms with E-state index in [1.54, 1.807) is 0 Å². The highest BCUT2D eigenvalue weighted by Gasteiger charge is 2.07. The predicted molar refractivity (Wildman–Crippen MR) is 88.5 cm³/mol. The fourth-order valence-electron chi connectivity index (χ4n) is 1.86. The number of urea groups is 1. The van der Waals surface area contributed by atoms with Crippen molar-refractivity contribution in [3.8, 4) is 0 Å². The van der Waals surface area contributed by atoms with Crippen LogP contribution >= 0.6 is 0 Å². The van der Waals surface area contributed by atoms with Crippen LogP contribution in [-0.4, -0.2) is 50.7 Å². The van der Waals surface area contributed by atoms with Crippen LogP contribution < -0.4 is 16.0 Å². The van der Waals surface area contributed by atoms with Gasteiger partial charge in [0.05, 0.1) is 27.7 Å². The molecule has 0 aliphatic heterocycles. The molecule has 3 N–H and O–H groups in total. The van der Waals surface area contributed by atoms with Gasteiger partial charge in [-0.15, -0.1) is 0 Å². The first-order valence-corrected chi connectivity index (χ1v) is 7.45. The normalized spacial score (nSPS) is 10.9. The van der Waals surface area contributed by atoms with E-state index in [0.29, 0.717) is 13.1 Å². The number of benzene rings is 1. The van der Waals surface area contributed by atoms with Gasteiger partial charge < -0.3 is 20.4 Å². The van der Waals surface area contributed by atoms with Gasteiger partial charge in [0, 0.05) is 32.1 Å². The second kappa shape index (κ2) is 8.38. The van der Waals surface area contributed by atoms with Crippen molar-refractivity contribution in [1.29, 1.82) is 0 Å². The summed E-state index contributed by atoms with van der Waals surface area (Å²) in [5, 5.41) is 8.36. The third-order valence-electron chi connectivity index (χ3n) is 3.04. The predicted octanol–water partition coefficient (Wildman–Crippen LogP) is 1.54. The monoisotopic (exact) mass is 307 g/mol. The second-order valence-corrected chi connectivity index (χ2v) is 6.36. The SMILES string of the molecule is CC(=O)NCc1ccc(NC(=O)NCCC[N+](C)(C)C)cc1. The average Bonchev–Trinajstić information content (AvgIpc) is 2.42. The van der Waals surface area contributed by atoms with Crippen LogP contribution in [0.15, 0.2) is 24.3 Å². The number of carbonyl (C=O) groups is 2. The van der Waals surface area contributed by atoms with Crippen molar-refractivity contribution in [2.45, 2.75) is 19.9 Å². The minimum Gasteiger partial charge on any atom is -0.352 e. The molecule has 1 aromatic rings. The maximum atomic E-state index is 11.8. The van der Waals surface area contributed by atoms with E-state index in [4.69, 9.17) is 0 Å². The fourth-order valence-corrected chi connectivity index (χ4v) is 1.86. The third-order valence-corrected chi connectivity index (χ3v) is 3.04. The van der Waals surface area contributed by atoms with Crippen molar-refractivity contribution in [2.75, 3.05) is 39.5 Å². The molecule has 0 saturated heterocycles. The summed E-state index contributed by atoms with van der Waals surface area (Å²) in [5.41, 5.74) is 1.72. The Morgan fingerprint density at radius 3 is 2.23 bits per heavy atom. The maximum Gasteiger partial charge on any atom is 0.319 e. The van der Waals surface area contributed by atoms with Gasteiger partial charge in [-0.3, -0.25) is 4.79 Å². The summed E-state index contributed by atoms with van der Waals surface area (Å²) < 4.78 is 0.888. The number of rotatable bonds is 7. The molecular formula is C16H27N4O2+. The summed E-state index contributed by atoms with van der Waals surface area (Å²) in [4.78, 5) is 22.6. The molecule has 6 nitrogen and oxygen atoms in total. The van der Waals surface area contributed by atoms with Gasteiger partial charge in [-0.25, -0.2) is 4.79 Å². The summed E-state index contributed by atoms with van der Waals surface area (Å²) in [6.45, 7) is 3.64. The van der Waals surface area contributed by atoms with Gasteiger partial charge in [0.15, 0.2) is 0 Å². The largest absolute Gasteiger partial charge is 0.352 e. The lowest BCUT2D eigenvalue weighted by molar-refractivity contribution is -0.870. The minimum atomic E-state index is -0.198. The Labute approximate surface area is 132 Å². The molecule has 0 heterocycles. The molecule has 0 saturated carbocycles. The zero-order chi connectivity index (χ0) is 16.6. The lowest BCUT2D eigenvalue weighted by Crippen LogP contribution is -2.38. The molecule has 1 aromatic carbocycles. The molecule has 0 aromatic heterocycles. The highest BCUT2D eigenvalue weighted by molar-refractivity contribution is 5.89. The molecule has 0 aliphatic carbocycles. The first kappa shape index (κ1) is 18.0. The van der Waals surface area contributed by atoms with Crippen molar-refractivity contribution >= 4 is 17.6 Å². The molecule has 1 rings (SSSR count). The van der Waals surface area contributed by atoms with Crippen molar-refractivity contribution in [3.63, 3.8) is 0 Å². The second-order valence-electron chi connectivity index (χ2n) is 6.36. The number of nitrogens with one attached hydrogen (secondary N) is 3. The lowest BCUT2D eigenvalue weighted by atomic mass is 10.2. The standard InChI is InChI=1S/C16H26N4O2/c1-13(21)18-12-14-6-8-15(9-7-14)19-16(22)17-10-5-11-20(2,3)4/h6-9H,5,10-12H2,1-4H3,(H2-,17,18,19,21,22)/p+1. The first-order valence-electron chi connectivity index (χ1n) is 7.45. The summed E-state index contributed by atoms with van der Waals surface area (Å²) in [5.74, 6) is -0.0598. The average molecular weight is 307 g/mol. The van der Waals surface area contributed by atoms with Gasteiger partial charge in [-0.05, 0) is 17.7 Å². The number of anilines is 1. The van der Waals surface area contributed by atoms with Gasteiger partial charge >= 0.3 is 6.03 Å². The molecule has 0 fully saturated rings. The molecular weight excluding hydrogens is 280 g/mol. The summed E-state index contributed by atoms with van der Waals surface area (Å²) in [6, 6.07) is 7.20. The van der Waals surface area contributed by atoms with Gasteiger partial charge in [0.1, 0.15) is 0 Å². The Hall–Kier alpha value is -2.08. The molecule has 6 heteroatoms. The van der Waals surface area contributed by atoms with Crippen LogP contribution in [0.4, 0.5) is 10.5 Å². The summed E-state index contributed by atoms with van der Waals surface area (Å²) >= 11 is 0. The van der Waals surface area contributed by atoms with Crippen molar-refractivity contribution in [1.82, 2.24) is 10.6 Å². The number of quaternary nitrogens is 1. The van der Waals surface area contributed by atoms with Gasteiger partial charge in [0.25, 0.3) is 0 Å². The molecule has 0 atom stereocenters. The van der Waals surface area contributed by atoms with Crippen molar-refractivity contribution in [3.05, 3.63) is 29.8 Å². The number of nitrogens with zero attached hydrogens (tertiary/aromatic N) is 1. The Kier molecular flexibility index (Phi) is 6.85. The number of carbonyl (C=O) groups excluding carboxylic acids is 2. The lowest BCUT2D eigenvalue weighted by Gasteiger charge is -2.23. The van der Waals surface area contributed by atoms with Gasteiger partial charge in [-0.1, -0.05) is 12.1 Å². The number of hydrogen-bond acceptors (Lipinski definition) is 2. The van der Waals surface area contributed by atoms with E-state index in [0.717, 1.165) is 28.7 Å². The van der Waals surface area contributed by atoms with Crippen LogP contribution in [-0.2, 0) is 11.3 Å². The van der Waals surface area contributed by atoms with Crippen LogP contribution in [0.2, 0.25) is 0 Å². The van der Waals surface area contributed by atoms with E-state index in [-0.39, 0.29) is 11.9 Å². The Morgan fingerprint density at radius 2 is 1.68 bits per heavy atom. The molecule has 3 amide bonds. The van der Waals surface area contributed by atoms with E-state index < -0.39 is 0 Å². The van der Waals surface area contributed by atoms with E-state index in [9.17, 15) is 9.59 Å². The van der Waals surface area contributed by atoms with E-state index >= 15 is 0 Å². The molecule has 0 bridgehead atoms. The topological polar surface area (TPSA) is 70.2 Å². The smallest absolute Gasteiger partial charge is 0.319 e. The van der Waals surface area contributed by atoms with Gasteiger partial charge in [0.2, 0.25) is 5.91 Å². The van der Waals surface area contributed by atoms with E-state index in [1.807, 2.05) is 24.3 Å². The number of amides is 3. The Morgan fingerprint density at radius 1 is 1.05 bits per heavy atom. The number of hydrogen-bond donors (Lipinski definition) is 3. The molecule has 0 radical (unpaired) electrons. The zero-order valence-electron chi connectivity index (χ0n) is 13.9. The van der Waals surface area contributed by atoms with Crippen molar-refractivity contribution < 1.29 is 14.1 Å². The van der Waals surface area contributed by atoms with Crippen LogP contribution in [0, 0.1) is 0 Å². The summed E-state index contributed by atoms with van der Waals surface area (Å²) in [6.07, 6.45) is 0.937. The van der Waals surface area contributed by atoms with Crippen LogP contribution in [0.3, 0.4) is 0 Å². The van der Waals surface area contributed by atoms with Crippen LogP contribution in [0.5, 0.6) is 0 Å². The molecule has 122 valence electrons. The third kappa shape index (κ3) is 8.26. The quantitative estimate of drug-likeness (QED) is 0.528. The van der Waals surface area contributed by atoms with E-state index in [2.05, 4.69) is 37.1 Å². The van der Waals surface area contributed by atoms with Crippen LogP contribution in [0.25, 0.3) is 0 Å². The molecule has 22 heavy (non-hydrogen) atoms. The molecule has 0 unspecified atom stereocenters. The molecule has 0 aliphatic rings.